The van der Waals surface area contributed by atoms with E-state index < -0.39 is 0 Å². The second-order valence-corrected chi connectivity index (χ2v) is 9.91. The summed E-state index contributed by atoms with van der Waals surface area (Å²) in [5.74, 6) is 1.63. The lowest BCUT2D eigenvalue weighted by molar-refractivity contribution is 0.227. The van der Waals surface area contributed by atoms with Crippen molar-refractivity contribution in [2.45, 2.75) is 64.3 Å². The summed E-state index contributed by atoms with van der Waals surface area (Å²) in [6.45, 7) is 10.0. The van der Waals surface area contributed by atoms with E-state index in [0.29, 0.717) is 12.6 Å². The number of nitrogens with zero attached hydrogens (tertiary/aromatic N) is 3. The Bertz CT molecular complexity index is 957. The van der Waals surface area contributed by atoms with Gasteiger partial charge < -0.3 is 24.6 Å². The Morgan fingerprint density at radius 1 is 1.03 bits per heavy atom. The Morgan fingerprint density at radius 2 is 1.88 bits per heavy atom. The van der Waals surface area contributed by atoms with E-state index in [1.807, 2.05) is 0 Å². The molecule has 0 spiro atoms. The summed E-state index contributed by atoms with van der Waals surface area (Å²) >= 11 is 0. The molecule has 180 valence electrons. The van der Waals surface area contributed by atoms with Gasteiger partial charge in [0, 0.05) is 42.0 Å². The molecule has 0 radical (unpaired) electrons. The fraction of sp³-hybridized carbons (Fsp3) is 0.667. The van der Waals surface area contributed by atoms with Gasteiger partial charge in [0.15, 0.2) is 11.5 Å². The highest BCUT2D eigenvalue weighted by Crippen LogP contribution is 2.40. The van der Waals surface area contributed by atoms with Crippen molar-refractivity contribution in [1.29, 1.82) is 0 Å². The second kappa shape index (κ2) is 10.5. The van der Waals surface area contributed by atoms with Crippen LogP contribution in [-0.4, -0.2) is 73.8 Å². The third-order valence-electron chi connectivity index (χ3n) is 7.67. The maximum Gasteiger partial charge on any atom is 0.163 e. The van der Waals surface area contributed by atoms with Crippen LogP contribution in [0, 0.1) is 0 Å². The number of hydrogen-bond acceptors (Lipinski definition) is 6. The summed E-state index contributed by atoms with van der Waals surface area (Å²) in [5, 5.41) is 5.13. The molecule has 33 heavy (non-hydrogen) atoms. The topological polar surface area (TPSA) is 49.9 Å². The Balaban J connectivity index is 1.38. The van der Waals surface area contributed by atoms with Crippen LogP contribution in [0.25, 0.3) is 10.9 Å². The van der Waals surface area contributed by atoms with Gasteiger partial charge in [0.2, 0.25) is 0 Å². The first-order valence-electron chi connectivity index (χ1n) is 13.1. The molecule has 1 atom stereocenters. The van der Waals surface area contributed by atoms with Crippen LogP contribution < -0.4 is 14.8 Å². The third kappa shape index (κ3) is 5.07. The Morgan fingerprint density at radius 3 is 2.70 bits per heavy atom. The van der Waals surface area contributed by atoms with Crippen LogP contribution in [0.3, 0.4) is 0 Å². The van der Waals surface area contributed by atoms with Crippen LogP contribution in [0.4, 0.5) is 5.69 Å². The molecule has 5 rings (SSSR count). The number of aryl methyl sites for hydroxylation is 1. The van der Waals surface area contributed by atoms with Gasteiger partial charge in [0.25, 0.3) is 0 Å². The monoisotopic (exact) mass is 452 g/mol. The molecule has 0 bridgehead atoms. The number of hydrogen-bond donors (Lipinski definition) is 1. The van der Waals surface area contributed by atoms with Crippen molar-refractivity contribution in [3.8, 4) is 11.5 Å². The van der Waals surface area contributed by atoms with E-state index in [0.717, 1.165) is 55.9 Å². The molecule has 3 heterocycles. The zero-order chi connectivity index (χ0) is 22.6. The highest BCUT2D eigenvalue weighted by Gasteiger charge is 2.25. The predicted octanol–water partition coefficient (Wildman–Crippen LogP) is 4.49. The maximum atomic E-state index is 6.22. The number of methoxy groups -OCH3 is 1. The largest absolute Gasteiger partial charge is 0.493 e. The van der Waals surface area contributed by atoms with Crippen molar-refractivity contribution < 1.29 is 9.47 Å². The second-order valence-electron chi connectivity index (χ2n) is 9.91. The van der Waals surface area contributed by atoms with Gasteiger partial charge in [-0.25, -0.2) is 0 Å². The molecule has 2 fully saturated rings. The molecule has 2 saturated heterocycles. The summed E-state index contributed by atoms with van der Waals surface area (Å²) in [5.41, 5.74) is 4.99. The Kier molecular flexibility index (Phi) is 7.21. The number of ether oxygens (including phenoxy) is 2. The van der Waals surface area contributed by atoms with Gasteiger partial charge >= 0.3 is 0 Å². The molecule has 0 unspecified atom stereocenters. The van der Waals surface area contributed by atoms with Crippen LogP contribution in [0.15, 0.2) is 12.1 Å². The average molecular weight is 453 g/mol. The molecule has 1 aromatic carbocycles. The standard InChI is InChI=1S/C27H40N4O2/c1-3-30-14-7-9-20(19-30)28-27-21-10-6-11-23(21)29-24-18-26(25(32-2)17-22(24)27)33-16-8-15-31-12-4-5-13-31/h17-18,20H,3-16,19H2,1-2H3,(H,28,29)/t20-/m1/s1. The lowest BCUT2D eigenvalue weighted by Gasteiger charge is -2.33. The molecule has 3 aliphatic rings. The Hall–Kier alpha value is -2.05. The molecule has 1 N–H and O–H groups in total. The van der Waals surface area contributed by atoms with Crippen molar-refractivity contribution in [3.05, 3.63) is 23.4 Å². The van der Waals surface area contributed by atoms with Gasteiger partial charge in [-0.3, -0.25) is 4.98 Å². The minimum atomic E-state index is 0.488. The highest BCUT2D eigenvalue weighted by molar-refractivity contribution is 5.96. The number of rotatable bonds is 9. The molecule has 0 amide bonds. The minimum absolute atomic E-state index is 0.488. The fourth-order valence-corrected chi connectivity index (χ4v) is 5.85. The van der Waals surface area contributed by atoms with Gasteiger partial charge in [-0.1, -0.05) is 6.92 Å². The molecule has 1 aliphatic carbocycles. The normalized spacial score (nSPS) is 21.5. The minimum Gasteiger partial charge on any atom is -0.493 e. The number of benzene rings is 1. The molecule has 6 heteroatoms. The summed E-state index contributed by atoms with van der Waals surface area (Å²) in [7, 11) is 1.74. The van der Waals surface area contributed by atoms with E-state index >= 15 is 0 Å². The van der Waals surface area contributed by atoms with Crippen LogP contribution in [0.5, 0.6) is 11.5 Å². The summed E-state index contributed by atoms with van der Waals surface area (Å²) in [6.07, 6.45) is 9.58. The molecule has 2 aliphatic heterocycles. The number of aromatic nitrogens is 1. The zero-order valence-electron chi connectivity index (χ0n) is 20.5. The van der Waals surface area contributed by atoms with Crippen molar-refractivity contribution in [2.75, 3.05) is 58.3 Å². The Labute approximate surface area is 198 Å². The number of anilines is 1. The molecule has 1 aromatic heterocycles. The molecule has 0 saturated carbocycles. The van der Waals surface area contributed by atoms with Gasteiger partial charge in [-0.05, 0) is 89.2 Å². The van der Waals surface area contributed by atoms with Crippen molar-refractivity contribution >= 4 is 16.6 Å². The van der Waals surface area contributed by atoms with E-state index in [2.05, 4.69) is 34.2 Å². The van der Waals surface area contributed by atoms with Gasteiger partial charge in [-0.2, -0.15) is 0 Å². The first kappa shape index (κ1) is 22.7. The number of pyridine rings is 1. The lowest BCUT2D eigenvalue weighted by Crippen LogP contribution is -2.42. The highest BCUT2D eigenvalue weighted by atomic mass is 16.5. The number of likely N-dealkylation sites (tertiary alicyclic amines) is 2. The van der Waals surface area contributed by atoms with E-state index in [1.54, 1.807) is 7.11 Å². The van der Waals surface area contributed by atoms with E-state index in [4.69, 9.17) is 14.5 Å². The van der Waals surface area contributed by atoms with E-state index in [-0.39, 0.29) is 0 Å². The van der Waals surface area contributed by atoms with Crippen LogP contribution in [-0.2, 0) is 12.8 Å². The first-order chi connectivity index (χ1) is 16.2. The van der Waals surface area contributed by atoms with Gasteiger partial charge in [-0.15, -0.1) is 0 Å². The summed E-state index contributed by atoms with van der Waals surface area (Å²) < 4.78 is 12.0. The average Bonchev–Trinajstić information content (AvgIpc) is 3.53. The summed E-state index contributed by atoms with van der Waals surface area (Å²) in [4.78, 5) is 10.2. The van der Waals surface area contributed by atoms with E-state index in [9.17, 15) is 0 Å². The summed E-state index contributed by atoms with van der Waals surface area (Å²) in [6, 6.07) is 4.74. The molecular formula is C27H40N4O2. The van der Waals surface area contributed by atoms with Gasteiger partial charge in [0.1, 0.15) is 0 Å². The fourth-order valence-electron chi connectivity index (χ4n) is 5.85. The lowest BCUT2D eigenvalue weighted by atomic mass is 10.0. The van der Waals surface area contributed by atoms with Gasteiger partial charge in [0.05, 0.1) is 19.2 Å². The quantitative estimate of drug-likeness (QED) is 0.566. The molecular weight excluding hydrogens is 412 g/mol. The van der Waals surface area contributed by atoms with Crippen molar-refractivity contribution in [1.82, 2.24) is 14.8 Å². The number of fused-ring (bicyclic) bond motifs is 2. The van der Waals surface area contributed by atoms with Crippen LogP contribution in [0.2, 0.25) is 0 Å². The predicted molar refractivity (Wildman–Crippen MR) is 135 cm³/mol. The van der Waals surface area contributed by atoms with Crippen LogP contribution in [0.1, 0.15) is 56.7 Å². The number of piperidine rings is 1. The third-order valence-corrected chi connectivity index (χ3v) is 7.67. The number of nitrogens with one attached hydrogen (secondary N) is 1. The molecule has 2 aromatic rings. The maximum absolute atomic E-state index is 6.22. The SMILES string of the molecule is CCN1CCC[C@@H](Nc2c3c(nc4cc(OCCCN5CCCC5)c(OC)cc24)CCC3)C1. The van der Waals surface area contributed by atoms with Crippen molar-refractivity contribution in [2.24, 2.45) is 0 Å². The van der Waals surface area contributed by atoms with Crippen LogP contribution >= 0.6 is 0 Å². The zero-order valence-corrected chi connectivity index (χ0v) is 20.5. The molecule has 6 nitrogen and oxygen atoms in total. The smallest absolute Gasteiger partial charge is 0.163 e. The first-order valence-corrected chi connectivity index (χ1v) is 13.1. The van der Waals surface area contributed by atoms with E-state index in [1.165, 1.54) is 74.1 Å². The number of likely N-dealkylation sites (N-methyl/N-ethyl adjacent to an activating group) is 1. The van der Waals surface area contributed by atoms with Crippen molar-refractivity contribution in [3.63, 3.8) is 0 Å².